The van der Waals surface area contributed by atoms with Crippen molar-refractivity contribution in [2.24, 2.45) is 5.92 Å². The maximum atomic E-state index is 11.3. The number of amides is 1. The van der Waals surface area contributed by atoms with Crippen LogP contribution >= 0.6 is 0 Å². The second-order valence-corrected chi connectivity index (χ2v) is 5.57. The van der Waals surface area contributed by atoms with Gasteiger partial charge in [0.2, 0.25) is 0 Å². The Morgan fingerprint density at radius 1 is 1.37 bits per heavy atom. The van der Waals surface area contributed by atoms with E-state index in [0.29, 0.717) is 12.0 Å². The van der Waals surface area contributed by atoms with Crippen molar-refractivity contribution in [1.29, 1.82) is 0 Å². The molecule has 104 valence electrons. The minimum atomic E-state index is -0.0874. The summed E-state index contributed by atoms with van der Waals surface area (Å²) < 4.78 is 5.35. The molecule has 0 saturated heterocycles. The van der Waals surface area contributed by atoms with Crippen LogP contribution in [0.4, 0.5) is 5.69 Å². The first-order valence-electron chi connectivity index (χ1n) is 6.83. The predicted octanol–water partition coefficient (Wildman–Crippen LogP) is 2.19. The number of ether oxygens (including phenoxy) is 1. The van der Waals surface area contributed by atoms with Gasteiger partial charge in [0.15, 0.2) is 6.61 Å². The lowest BCUT2D eigenvalue weighted by molar-refractivity contribution is -0.118. The molecule has 2 N–H and O–H groups in total. The zero-order valence-corrected chi connectivity index (χ0v) is 11.8. The third-order valence-corrected chi connectivity index (χ3v) is 3.09. The van der Waals surface area contributed by atoms with E-state index < -0.39 is 0 Å². The van der Waals surface area contributed by atoms with E-state index in [1.54, 1.807) is 0 Å². The lowest BCUT2D eigenvalue weighted by Gasteiger charge is -2.20. The van der Waals surface area contributed by atoms with E-state index in [-0.39, 0.29) is 12.5 Å². The summed E-state index contributed by atoms with van der Waals surface area (Å²) in [7, 11) is 0. The van der Waals surface area contributed by atoms with Crippen molar-refractivity contribution in [3.05, 3.63) is 23.8 Å². The van der Waals surface area contributed by atoms with Crippen LogP contribution < -0.4 is 15.4 Å². The SMILES string of the molecule is CC(C)CNC(C)Cc1ccc2c(c1)NC(=O)CO2. The molecule has 0 saturated carbocycles. The molecule has 1 aliphatic rings. The molecule has 0 fully saturated rings. The maximum Gasteiger partial charge on any atom is 0.262 e. The first-order chi connectivity index (χ1) is 9.04. The van der Waals surface area contributed by atoms with Crippen molar-refractivity contribution in [1.82, 2.24) is 5.32 Å². The van der Waals surface area contributed by atoms with Crippen LogP contribution in [0.1, 0.15) is 26.3 Å². The molecule has 0 aliphatic carbocycles. The van der Waals surface area contributed by atoms with Gasteiger partial charge in [0.05, 0.1) is 5.69 Å². The van der Waals surface area contributed by atoms with E-state index >= 15 is 0 Å². The number of benzene rings is 1. The molecule has 1 amide bonds. The van der Waals surface area contributed by atoms with E-state index in [4.69, 9.17) is 4.74 Å². The van der Waals surface area contributed by atoms with Gasteiger partial charge in [-0.2, -0.15) is 0 Å². The molecule has 1 heterocycles. The molecule has 1 unspecified atom stereocenters. The van der Waals surface area contributed by atoms with Gasteiger partial charge < -0.3 is 15.4 Å². The van der Waals surface area contributed by atoms with Gasteiger partial charge in [0.25, 0.3) is 5.91 Å². The topological polar surface area (TPSA) is 50.4 Å². The fraction of sp³-hybridized carbons (Fsp3) is 0.533. The molecule has 1 aromatic carbocycles. The zero-order chi connectivity index (χ0) is 13.8. The number of carbonyl (C=O) groups is 1. The number of fused-ring (bicyclic) bond motifs is 1. The third-order valence-electron chi connectivity index (χ3n) is 3.09. The van der Waals surface area contributed by atoms with Crippen LogP contribution in [-0.4, -0.2) is 25.1 Å². The Bertz CT molecular complexity index is 457. The molecule has 0 bridgehead atoms. The second kappa shape index (κ2) is 6.06. The van der Waals surface area contributed by atoms with Gasteiger partial charge in [0.1, 0.15) is 5.75 Å². The summed E-state index contributed by atoms with van der Waals surface area (Å²) in [4.78, 5) is 11.3. The summed E-state index contributed by atoms with van der Waals surface area (Å²) in [5.41, 5.74) is 1.98. The first-order valence-corrected chi connectivity index (χ1v) is 6.83. The van der Waals surface area contributed by atoms with Gasteiger partial charge in [0, 0.05) is 6.04 Å². The normalized spacial score (nSPS) is 15.7. The summed E-state index contributed by atoms with van der Waals surface area (Å²) >= 11 is 0. The Morgan fingerprint density at radius 3 is 2.89 bits per heavy atom. The molecule has 1 aromatic rings. The van der Waals surface area contributed by atoms with Crippen molar-refractivity contribution < 1.29 is 9.53 Å². The molecular formula is C15H22N2O2. The summed E-state index contributed by atoms with van der Waals surface area (Å²) in [5, 5.41) is 6.34. The van der Waals surface area contributed by atoms with Crippen LogP contribution in [0.5, 0.6) is 5.75 Å². The first kappa shape index (κ1) is 13.9. The fourth-order valence-corrected chi connectivity index (χ4v) is 2.12. The van der Waals surface area contributed by atoms with Gasteiger partial charge >= 0.3 is 0 Å². The Labute approximate surface area is 114 Å². The summed E-state index contributed by atoms with van der Waals surface area (Å²) in [6.45, 7) is 7.71. The van der Waals surface area contributed by atoms with E-state index in [1.807, 2.05) is 12.1 Å². The van der Waals surface area contributed by atoms with Crippen molar-refractivity contribution >= 4 is 11.6 Å². The Morgan fingerprint density at radius 2 is 2.16 bits per heavy atom. The van der Waals surface area contributed by atoms with Crippen LogP contribution in [0.25, 0.3) is 0 Å². The Hall–Kier alpha value is -1.55. The molecule has 4 nitrogen and oxygen atoms in total. The van der Waals surface area contributed by atoms with Gasteiger partial charge in [-0.15, -0.1) is 0 Å². The number of anilines is 1. The highest BCUT2D eigenvalue weighted by atomic mass is 16.5. The van der Waals surface area contributed by atoms with Gasteiger partial charge in [-0.05, 0) is 43.5 Å². The monoisotopic (exact) mass is 262 g/mol. The van der Waals surface area contributed by atoms with Crippen LogP contribution in [0.2, 0.25) is 0 Å². The summed E-state index contributed by atoms with van der Waals surface area (Å²) in [6.07, 6.45) is 0.940. The predicted molar refractivity (Wildman–Crippen MR) is 76.6 cm³/mol. The van der Waals surface area contributed by atoms with Crippen LogP contribution in [0, 0.1) is 5.92 Å². The van der Waals surface area contributed by atoms with Gasteiger partial charge in [-0.1, -0.05) is 19.9 Å². The number of hydrogen-bond acceptors (Lipinski definition) is 3. The van der Waals surface area contributed by atoms with Crippen molar-refractivity contribution in [3.63, 3.8) is 0 Å². The molecule has 2 rings (SSSR count). The number of hydrogen-bond donors (Lipinski definition) is 2. The minimum Gasteiger partial charge on any atom is -0.482 e. The lowest BCUT2D eigenvalue weighted by Crippen LogP contribution is -2.31. The molecule has 1 atom stereocenters. The molecule has 19 heavy (non-hydrogen) atoms. The van der Waals surface area contributed by atoms with Crippen molar-refractivity contribution in [3.8, 4) is 5.75 Å². The molecular weight excluding hydrogens is 240 g/mol. The maximum absolute atomic E-state index is 11.3. The summed E-state index contributed by atoms with van der Waals surface area (Å²) in [5.74, 6) is 1.32. The zero-order valence-electron chi connectivity index (χ0n) is 11.8. The van der Waals surface area contributed by atoms with Crippen LogP contribution in [0.15, 0.2) is 18.2 Å². The number of nitrogens with one attached hydrogen (secondary N) is 2. The molecule has 1 aliphatic heterocycles. The Kier molecular flexibility index (Phi) is 4.43. The highest BCUT2D eigenvalue weighted by Crippen LogP contribution is 2.28. The number of rotatable bonds is 5. The minimum absolute atomic E-state index is 0.0874. The van der Waals surface area contributed by atoms with E-state index in [2.05, 4.69) is 37.5 Å². The van der Waals surface area contributed by atoms with Crippen LogP contribution in [-0.2, 0) is 11.2 Å². The second-order valence-electron chi connectivity index (χ2n) is 5.57. The largest absolute Gasteiger partial charge is 0.482 e. The average molecular weight is 262 g/mol. The van der Waals surface area contributed by atoms with E-state index in [0.717, 1.165) is 24.4 Å². The van der Waals surface area contributed by atoms with Crippen LogP contribution in [0.3, 0.4) is 0 Å². The summed E-state index contributed by atoms with van der Waals surface area (Å²) in [6, 6.07) is 6.41. The standard InChI is InChI=1S/C15H22N2O2/c1-10(2)8-16-11(3)6-12-4-5-14-13(7-12)17-15(18)9-19-14/h4-5,7,10-11,16H,6,8-9H2,1-3H3,(H,17,18). The molecule has 0 aromatic heterocycles. The molecule has 4 heteroatoms. The molecule has 0 radical (unpaired) electrons. The third kappa shape index (κ3) is 3.96. The average Bonchev–Trinajstić information content (AvgIpc) is 2.36. The van der Waals surface area contributed by atoms with E-state index in [9.17, 15) is 4.79 Å². The van der Waals surface area contributed by atoms with Gasteiger partial charge in [-0.25, -0.2) is 0 Å². The lowest BCUT2D eigenvalue weighted by atomic mass is 10.0. The van der Waals surface area contributed by atoms with Crippen molar-refractivity contribution in [2.75, 3.05) is 18.5 Å². The van der Waals surface area contributed by atoms with Crippen molar-refractivity contribution in [2.45, 2.75) is 33.2 Å². The quantitative estimate of drug-likeness (QED) is 0.855. The smallest absolute Gasteiger partial charge is 0.262 e. The number of carbonyl (C=O) groups excluding carboxylic acids is 1. The highest BCUT2D eigenvalue weighted by Gasteiger charge is 2.16. The van der Waals surface area contributed by atoms with E-state index in [1.165, 1.54) is 5.56 Å². The van der Waals surface area contributed by atoms with Gasteiger partial charge in [-0.3, -0.25) is 4.79 Å². The Balaban J connectivity index is 1.97. The molecule has 0 spiro atoms. The highest BCUT2D eigenvalue weighted by molar-refractivity contribution is 5.95. The fourth-order valence-electron chi connectivity index (χ4n) is 2.12.